The normalized spacial score (nSPS) is 11.5. The molecule has 0 saturated carbocycles. The molecule has 92 valence electrons. The first kappa shape index (κ1) is 12.0. The Bertz CT molecular complexity index is 496. The third-order valence-corrected chi connectivity index (χ3v) is 2.46. The molecule has 0 aliphatic rings. The van der Waals surface area contributed by atoms with Gasteiger partial charge in [0, 0.05) is 10.9 Å². The Hall–Kier alpha value is -1.46. The van der Waals surface area contributed by atoms with Gasteiger partial charge in [0.05, 0.1) is 13.2 Å². The minimum Gasteiger partial charge on any atom is -0.459 e. The number of benzene rings is 1. The van der Waals surface area contributed by atoms with Gasteiger partial charge in [0.2, 0.25) is 0 Å². The molecule has 3 nitrogen and oxygen atoms in total. The molecule has 1 aromatic heterocycles. The van der Waals surface area contributed by atoms with Gasteiger partial charge in [0.1, 0.15) is 18.0 Å². The fraction of sp³-hybridized carbons (Fsp3) is 0.333. The number of hydrogen-bond donors (Lipinski definition) is 1. The van der Waals surface area contributed by atoms with E-state index < -0.39 is 13.0 Å². The number of ether oxygens (including phenoxy) is 1. The maximum absolute atomic E-state index is 12.0. The monoisotopic (exact) mass is 241 g/mol. The van der Waals surface area contributed by atoms with Crippen LogP contribution in [0.1, 0.15) is 11.3 Å². The first-order valence-corrected chi connectivity index (χ1v) is 5.27. The van der Waals surface area contributed by atoms with Gasteiger partial charge >= 0.3 is 0 Å². The van der Waals surface area contributed by atoms with Crippen molar-refractivity contribution in [2.24, 2.45) is 5.73 Å². The molecule has 2 rings (SSSR count). The summed E-state index contributed by atoms with van der Waals surface area (Å²) >= 11 is 0. The van der Waals surface area contributed by atoms with Crippen molar-refractivity contribution in [3.63, 3.8) is 0 Å². The van der Waals surface area contributed by atoms with Crippen LogP contribution in [0.15, 0.2) is 28.7 Å². The molecule has 0 aliphatic carbocycles. The van der Waals surface area contributed by atoms with Gasteiger partial charge in [-0.05, 0) is 6.07 Å². The SMILES string of the molecule is NCc1oc2ccccc2c1COCC(F)F. The van der Waals surface area contributed by atoms with E-state index in [0.717, 1.165) is 10.9 Å². The van der Waals surface area contributed by atoms with E-state index in [-0.39, 0.29) is 13.2 Å². The van der Waals surface area contributed by atoms with Crippen molar-refractivity contribution in [3.8, 4) is 0 Å². The molecule has 0 fully saturated rings. The molecular weight excluding hydrogens is 228 g/mol. The average Bonchev–Trinajstić information content (AvgIpc) is 2.67. The number of fused-ring (bicyclic) bond motifs is 1. The quantitative estimate of drug-likeness (QED) is 0.875. The molecule has 1 aromatic carbocycles. The van der Waals surface area contributed by atoms with Gasteiger partial charge in [-0.3, -0.25) is 0 Å². The zero-order valence-corrected chi connectivity index (χ0v) is 9.16. The Kier molecular flexibility index (Phi) is 3.71. The molecular formula is C12H13F2NO2. The van der Waals surface area contributed by atoms with Crippen LogP contribution in [-0.4, -0.2) is 13.0 Å². The molecule has 0 radical (unpaired) electrons. The van der Waals surface area contributed by atoms with Crippen LogP contribution in [0.4, 0.5) is 8.78 Å². The van der Waals surface area contributed by atoms with Gasteiger partial charge in [-0.25, -0.2) is 8.78 Å². The lowest BCUT2D eigenvalue weighted by Crippen LogP contribution is -2.06. The van der Waals surface area contributed by atoms with Crippen molar-refractivity contribution < 1.29 is 17.9 Å². The molecule has 0 unspecified atom stereocenters. The van der Waals surface area contributed by atoms with E-state index in [2.05, 4.69) is 0 Å². The fourth-order valence-electron chi connectivity index (χ4n) is 1.72. The van der Waals surface area contributed by atoms with Crippen molar-refractivity contribution in [3.05, 3.63) is 35.6 Å². The van der Waals surface area contributed by atoms with Gasteiger partial charge in [0.15, 0.2) is 0 Å². The molecule has 0 spiro atoms. The topological polar surface area (TPSA) is 48.4 Å². The summed E-state index contributed by atoms with van der Waals surface area (Å²) in [4.78, 5) is 0. The van der Waals surface area contributed by atoms with Gasteiger partial charge in [-0.15, -0.1) is 0 Å². The second-order valence-corrected chi connectivity index (χ2v) is 3.61. The summed E-state index contributed by atoms with van der Waals surface area (Å²) in [5.74, 6) is 0.584. The van der Waals surface area contributed by atoms with Crippen LogP contribution in [0.5, 0.6) is 0 Å². The fourth-order valence-corrected chi connectivity index (χ4v) is 1.72. The average molecular weight is 241 g/mol. The summed E-state index contributed by atoms with van der Waals surface area (Å²) < 4.78 is 34.4. The Labute approximate surface area is 97.2 Å². The second-order valence-electron chi connectivity index (χ2n) is 3.61. The Morgan fingerprint density at radius 1 is 1.29 bits per heavy atom. The molecule has 0 amide bonds. The van der Waals surface area contributed by atoms with E-state index in [9.17, 15) is 8.78 Å². The number of alkyl halides is 2. The third kappa shape index (κ3) is 2.62. The number of hydrogen-bond acceptors (Lipinski definition) is 3. The van der Waals surface area contributed by atoms with Crippen LogP contribution in [0.25, 0.3) is 11.0 Å². The minimum absolute atomic E-state index is 0.0912. The lowest BCUT2D eigenvalue weighted by molar-refractivity contribution is 0.00975. The highest BCUT2D eigenvalue weighted by Crippen LogP contribution is 2.26. The number of halogens is 2. The zero-order valence-electron chi connectivity index (χ0n) is 9.16. The van der Waals surface area contributed by atoms with Gasteiger partial charge in [-0.1, -0.05) is 18.2 Å². The first-order valence-electron chi connectivity index (χ1n) is 5.27. The molecule has 5 heteroatoms. The molecule has 0 aliphatic heterocycles. The Morgan fingerprint density at radius 3 is 2.76 bits per heavy atom. The van der Waals surface area contributed by atoms with E-state index in [0.29, 0.717) is 11.3 Å². The van der Waals surface area contributed by atoms with Crippen molar-refractivity contribution in [2.45, 2.75) is 19.6 Å². The minimum atomic E-state index is -2.46. The van der Waals surface area contributed by atoms with Crippen LogP contribution in [-0.2, 0) is 17.9 Å². The first-order chi connectivity index (χ1) is 8.22. The summed E-state index contributed by atoms with van der Waals surface area (Å²) in [5, 5.41) is 0.863. The summed E-state index contributed by atoms with van der Waals surface area (Å²) in [6.07, 6.45) is -2.46. The van der Waals surface area contributed by atoms with Crippen LogP contribution >= 0.6 is 0 Å². The van der Waals surface area contributed by atoms with Crippen molar-refractivity contribution >= 4 is 11.0 Å². The number of furan rings is 1. The number of para-hydroxylation sites is 1. The van der Waals surface area contributed by atoms with Gasteiger partial charge in [-0.2, -0.15) is 0 Å². The van der Waals surface area contributed by atoms with Crippen molar-refractivity contribution in [1.29, 1.82) is 0 Å². The van der Waals surface area contributed by atoms with E-state index in [1.54, 1.807) is 0 Å². The van der Waals surface area contributed by atoms with Crippen LogP contribution in [0.2, 0.25) is 0 Å². The Balaban J connectivity index is 2.24. The number of rotatable bonds is 5. The summed E-state index contributed by atoms with van der Waals surface area (Å²) in [7, 11) is 0. The molecule has 0 saturated heterocycles. The van der Waals surface area contributed by atoms with E-state index >= 15 is 0 Å². The molecule has 2 aromatic rings. The second kappa shape index (κ2) is 5.25. The van der Waals surface area contributed by atoms with Crippen molar-refractivity contribution in [1.82, 2.24) is 0 Å². The molecule has 0 atom stereocenters. The molecule has 2 N–H and O–H groups in total. The lowest BCUT2D eigenvalue weighted by Gasteiger charge is -2.03. The summed E-state index contributed by atoms with van der Waals surface area (Å²) in [6, 6.07) is 7.37. The highest BCUT2D eigenvalue weighted by molar-refractivity contribution is 5.82. The molecule has 0 bridgehead atoms. The van der Waals surface area contributed by atoms with Crippen LogP contribution in [0, 0.1) is 0 Å². The van der Waals surface area contributed by atoms with E-state index in [1.165, 1.54) is 0 Å². The largest absolute Gasteiger partial charge is 0.459 e. The maximum Gasteiger partial charge on any atom is 0.261 e. The summed E-state index contributed by atoms with van der Waals surface area (Å²) in [5.41, 5.74) is 7.00. The van der Waals surface area contributed by atoms with Crippen LogP contribution < -0.4 is 5.73 Å². The third-order valence-electron chi connectivity index (χ3n) is 2.46. The smallest absolute Gasteiger partial charge is 0.261 e. The maximum atomic E-state index is 12.0. The zero-order chi connectivity index (χ0) is 12.3. The summed E-state index contributed by atoms with van der Waals surface area (Å²) in [6.45, 7) is -0.264. The predicted octanol–water partition coefficient (Wildman–Crippen LogP) is 2.67. The predicted molar refractivity (Wildman–Crippen MR) is 59.8 cm³/mol. The highest BCUT2D eigenvalue weighted by atomic mass is 19.3. The molecule has 17 heavy (non-hydrogen) atoms. The van der Waals surface area contributed by atoms with Gasteiger partial charge in [0.25, 0.3) is 6.43 Å². The van der Waals surface area contributed by atoms with Crippen LogP contribution in [0.3, 0.4) is 0 Å². The standard InChI is InChI=1S/C12H13F2NO2/c13-12(14)7-16-6-9-8-3-1-2-4-10(8)17-11(9)5-15/h1-4,12H,5-7,15H2. The van der Waals surface area contributed by atoms with Crippen molar-refractivity contribution in [2.75, 3.05) is 6.61 Å². The van der Waals surface area contributed by atoms with E-state index in [4.69, 9.17) is 14.9 Å². The van der Waals surface area contributed by atoms with E-state index in [1.807, 2.05) is 24.3 Å². The number of nitrogens with two attached hydrogens (primary N) is 1. The molecule has 1 heterocycles. The van der Waals surface area contributed by atoms with Gasteiger partial charge < -0.3 is 14.9 Å². The highest BCUT2D eigenvalue weighted by Gasteiger charge is 2.13. The Morgan fingerprint density at radius 2 is 2.06 bits per heavy atom. The lowest BCUT2D eigenvalue weighted by atomic mass is 10.1.